The summed E-state index contributed by atoms with van der Waals surface area (Å²) in [6.45, 7) is 4.98. The second-order valence-electron chi connectivity index (χ2n) is 6.04. The molecule has 0 bridgehead atoms. The topological polar surface area (TPSA) is 189 Å². The molecule has 2 rings (SSSR count). The van der Waals surface area contributed by atoms with Gasteiger partial charge >= 0.3 is 15.6 Å². The number of phosphoric ester groups is 1. The van der Waals surface area contributed by atoms with E-state index in [-0.39, 0.29) is 18.8 Å². The van der Waals surface area contributed by atoms with Crippen molar-refractivity contribution >= 4 is 33.2 Å². The Kier molecular flexibility index (Phi) is 7.52. The van der Waals surface area contributed by atoms with Gasteiger partial charge in [0.2, 0.25) is 0 Å². The molecule has 2 heterocycles. The highest BCUT2D eigenvalue weighted by Gasteiger charge is 2.33. The van der Waals surface area contributed by atoms with Crippen molar-refractivity contribution in [2.75, 3.05) is 12.3 Å². The van der Waals surface area contributed by atoms with Crippen LogP contribution in [-0.2, 0) is 24.5 Å². The van der Waals surface area contributed by atoms with Gasteiger partial charge in [-0.25, -0.2) is 19.1 Å². The van der Waals surface area contributed by atoms with Gasteiger partial charge in [-0.2, -0.15) is 4.31 Å². The number of nitrogens with two attached hydrogens (primary N) is 1. The fourth-order valence-corrected chi connectivity index (χ4v) is 5.18. The van der Waals surface area contributed by atoms with E-state index in [1.807, 2.05) is 0 Å². The van der Waals surface area contributed by atoms with E-state index in [0.29, 0.717) is 28.8 Å². The third-order valence-electron chi connectivity index (χ3n) is 3.72. The lowest BCUT2D eigenvalue weighted by atomic mass is 10.2. The van der Waals surface area contributed by atoms with E-state index in [1.165, 1.54) is 18.7 Å². The van der Waals surface area contributed by atoms with Crippen LogP contribution in [0.2, 0.25) is 0 Å². The summed E-state index contributed by atoms with van der Waals surface area (Å²) >= 11 is 1.23. The Balaban J connectivity index is 2.13. The normalized spacial score (nSPS) is 18.9. The van der Waals surface area contributed by atoms with Gasteiger partial charge in [-0.15, -0.1) is 0 Å². The van der Waals surface area contributed by atoms with Crippen LogP contribution in [0.15, 0.2) is 27.6 Å². The summed E-state index contributed by atoms with van der Waals surface area (Å²) in [6.07, 6.45) is 1.74. The largest absolute Gasteiger partial charge is 0.510 e. The Bertz CT molecular complexity index is 944. The van der Waals surface area contributed by atoms with E-state index in [2.05, 4.69) is 18.8 Å². The van der Waals surface area contributed by atoms with Crippen molar-refractivity contribution in [2.24, 2.45) is 0 Å². The van der Waals surface area contributed by atoms with Gasteiger partial charge in [0.05, 0.1) is 13.2 Å². The number of thioether (sulfide) groups is 1. The van der Waals surface area contributed by atoms with E-state index in [0.717, 1.165) is 10.6 Å². The molecule has 0 amide bonds. The molecular weight excluding hydrogens is 446 g/mol. The van der Waals surface area contributed by atoms with E-state index in [9.17, 15) is 19.1 Å². The molecule has 15 heteroatoms. The van der Waals surface area contributed by atoms with Crippen LogP contribution < -0.4 is 5.73 Å². The molecule has 29 heavy (non-hydrogen) atoms. The summed E-state index contributed by atoms with van der Waals surface area (Å²) in [7, 11) is -10.1. The zero-order valence-electron chi connectivity index (χ0n) is 15.8. The average molecular weight is 468 g/mol. The van der Waals surface area contributed by atoms with Crippen LogP contribution in [0.3, 0.4) is 0 Å². The van der Waals surface area contributed by atoms with Crippen LogP contribution in [0.4, 0.5) is 5.82 Å². The number of nitrogen functional groups attached to an aromatic ring is 1. The van der Waals surface area contributed by atoms with Crippen molar-refractivity contribution < 1.29 is 37.8 Å². The van der Waals surface area contributed by atoms with Gasteiger partial charge in [0.1, 0.15) is 22.4 Å². The van der Waals surface area contributed by atoms with Crippen molar-refractivity contribution in [3.63, 3.8) is 0 Å². The van der Waals surface area contributed by atoms with Crippen molar-refractivity contribution in [1.29, 1.82) is 0 Å². The highest BCUT2D eigenvalue weighted by atomic mass is 32.2. The van der Waals surface area contributed by atoms with E-state index < -0.39 is 15.6 Å². The van der Waals surface area contributed by atoms with Gasteiger partial charge in [-0.3, -0.25) is 4.52 Å². The summed E-state index contributed by atoms with van der Waals surface area (Å²) in [4.78, 5) is 37.3. The molecule has 162 valence electrons. The number of hydrogen-bond acceptors (Lipinski definition) is 10. The molecule has 0 radical (unpaired) electrons. The Morgan fingerprint density at radius 3 is 2.52 bits per heavy atom. The maximum Gasteiger partial charge on any atom is 0.481 e. The highest BCUT2D eigenvalue weighted by Crippen LogP contribution is 2.57. The summed E-state index contributed by atoms with van der Waals surface area (Å²) in [5, 5.41) is 10.6. The second-order valence-corrected chi connectivity index (χ2v) is 9.95. The molecule has 1 aromatic rings. The molecule has 1 atom stereocenters. The number of nitrogens with zero attached hydrogens (tertiary/aromatic N) is 3. The molecule has 0 aliphatic carbocycles. The van der Waals surface area contributed by atoms with Crippen molar-refractivity contribution in [1.82, 2.24) is 14.9 Å². The standard InChI is InChI=1S/C14H22N4O8P2S/c1-8-12(4-5-25-28(23,24)26-27(20,21)22)29-14(9(2)19)18(8)7-11-6-16-10(3)17-13(11)15/h6,19H,4-5,7H2,1-3H3,(H,23,24)(H2,15,16,17)(H2,20,21,22)/b14-9+. The Labute approximate surface area is 171 Å². The zero-order chi connectivity index (χ0) is 22.0. The van der Waals surface area contributed by atoms with Crippen molar-refractivity contribution in [3.05, 3.63) is 39.0 Å². The number of aliphatic hydroxyl groups is 1. The molecule has 0 aromatic carbocycles. The summed E-state index contributed by atoms with van der Waals surface area (Å²) in [6, 6.07) is 0. The molecule has 0 saturated heterocycles. The number of aliphatic hydroxyl groups excluding tert-OH is 1. The molecule has 1 aromatic heterocycles. The second kappa shape index (κ2) is 9.15. The minimum Gasteiger partial charge on any atom is -0.510 e. The number of aryl methyl sites for hydroxylation is 1. The van der Waals surface area contributed by atoms with E-state index in [4.69, 9.17) is 15.5 Å². The maximum atomic E-state index is 11.5. The molecule has 12 nitrogen and oxygen atoms in total. The van der Waals surface area contributed by atoms with Crippen molar-refractivity contribution in [3.8, 4) is 0 Å². The van der Waals surface area contributed by atoms with Gasteiger partial charge in [0.15, 0.2) is 0 Å². The Morgan fingerprint density at radius 1 is 1.31 bits per heavy atom. The van der Waals surface area contributed by atoms with Crippen molar-refractivity contribution in [2.45, 2.75) is 33.7 Å². The number of aromatic nitrogens is 2. The SMILES string of the molecule is CC1=C(CCOP(=O)(O)OP(=O)(O)O)S/C(=C(\C)O)N1Cc1cnc(C)nc1N. The maximum absolute atomic E-state index is 11.5. The fraction of sp³-hybridized carbons (Fsp3) is 0.429. The van der Waals surface area contributed by atoms with Gasteiger partial charge in [-0.05, 0) is 20.8 Å². The van der Waals surface area contributed by atoms with Crippen LogP contribution in [0, 0.1) is 6.92 Å². The lowest BCUT2D eigenvalue weighted by molar-refractivity contribution is 0.180. The van der Waals surface area contributed by atoms with Crippen LogP contribution >= 0.6 is 27.4 Å². The van der Waals surface area contributed by atoms with Crippen LogP contribution in [0.25, 0.3) is 0 Å². The predicted octanol–water partition coefficient (Wildman–Crippen LogP) is 2.51. The number of anilines is 1. The predicted molar refractivity (Wildman–Crippen MR) is 106 cm³/mol. The van der Waals surface area contributed by atoms with Crippen LogP contribution in [0.5, 0.6) is 0 Å². The quantitative estimate of drug-likeness (QED) is 0.277. The van der Waals surface area contributed by atoms with E-state index >= 15 is 0 Å². The molecule has 6 N–H and O–H groups in total. The number of rotatable bonds is 8. The Morgan fingerprint density at radius 2 is 1.97 bits per heavy atom. The summed E-state index contributed by atoms with van der Waals surface area (Å²) in [5.74, 6) is 0.916. The molecule has 0 saturated carbocycles. The molecule has 0 spiro atoms. The smallest absolute Gasteiger partial charge is 0.481 e. The Hall–Kier alpha value is -1.43. The molecule has 1 unspecified atom stereocenters. The number of allylic oxidation sites excluding steroid dienone is 2. The minimum absolute atomic E-state index is 0.0644. The minimum atomic E-state index is -5.17. The molecule has 0 fully saturated rings. The first-order chi connectivity index (χ1) is 13.3. The number of phosphoric acid groups is 2. The van der Waals surface area contributed by atoms with E-state index in [1.54, 1.807) is 24.9 Å². The zero-order valence-corrected chi connectivity index (χ0v) is 18.4. The third-order valence-corrected chi connectivity index (χ3v) is 7.36. The molecular formula is C14H22N4O8P2S. The lowest BCUT2D eigenvalue weighted by Crippen LogP contribution is -2.18. The monoisotopic (exact) mass is 468 g/mol. The summed E-state index contributed by atoms with van der Waals surface area (Å²) < 4.78 is 30.6. The third kappa shape index (κ3) is 6.80. The fourth-order valence-electron chi connectivity index (χ4n) is 2.46. The molecule has 1 aliphatic heterocycles. The van der Waals surface area contributed by atoms with Gasteiger partial charge in [0.25, 0.3) is 0 Å². The first-order valence-corrected chi connectivity index (χ1v) is 12.0. The molecule has 1 aliphatic rings. The first kappa shape index (κ1) is 23.8. The number of hydrogen-bond donors (Lipinski definition) is 5. The van der Waals surface area contributed by atoms with Gasteiger partial charge in [0, 0.05) is 28.8 Å². The van der Waals surface area contributed by atoms with Gasteiger partial charge in [-0.1, -0.05) is 11.8 Å². The van der Waals surface area contributed by atoms with Crippen LogP contribution in [-0.4, -0.2) is 41.3 Å². The van der Waals surface area contributed by atoms with Crippen LogP contribution in [0.1, 0.15) is 31.7 Å². The lowest BCUT2D eigenvalue weighted by Gasteiger charge is -2.22. The summed E-state index contributed by atoms with van der Waals surface area (Å²) in [5.41, 5.74) is 7.34. The highest BCUT2D eigenvalue weighted by molar-refractivity contribution is 8.06. The van der Waals surface area contributed by atoms with Gasteiger partial charge < -0.3 is 30.4 Å². The first-order valence-electron chi connectivity index (χ1n) is 8.16. The average Bonchev–Trinajstić information content (AvgIpc) is 2.84.